The smallest absolute Gasteiger partial charge is 0.226 e. The molecule has 1 aliphatic heterocycles. The van der Waals surface area contributed by atoms with E-state index in [1.807, 2.05) is 41.0 Å². The molecule has 0 atom stereocenters. The van der Waals surface area contributed by atoms with E-state index in [1.54, 1.807) is 18.7 Å². The molecular weight excluding hydrogens is 342 g/mol. The highest BCUT2D eigenvalue weighted by Crippen LogP contribution is 2.23. The lowest BCUT2D eigenvalue weighted by Gasteiger charge is -2.34. The van der Waals surface area contributed by atoms with Crippen molar-refractivity contribution < 1.29 is 14.0 Å². The van der Waals surface area contributed by atoms with E-state index in [-0.39, 0.29) is 17.7 Å². The molecule has 3 rings (SSSR count). The van der Waals surface area contributed by atoms with E-state index < -0.39 is 0 Å². The van der Waals surface area contributed by atoms with Gasteiger partial charge in [0, 0.05) is 44.4 Å². The van der Waals surface area contributed by atoms with Gasteiger partial charge >= 0.3 is 0 Å². The Bertz CT molecular complexity index is 722. The van der Waals surface area contributed by atoms with Crippen molar-refractivity contribution in [3.05, 3.63) is 54.2 Å². The fourth-order valence-electron chi connectivity index (χ4n) is 3.52. The minimum absolute atomic E-state index is 0.0534. The maximum atomic E-state index is 13.2. The molecule has 0 saturated carbocycles. The highest BCUT2D eigenvalue weighted by molar-refractivity contribution is 5.80. The second-order valence-corrected chi connectivity index (χ2v) is 7.04. The van der Waals surface area contributed by atoms with Crippen LogP contribution in [0, 0.1) is 5.92 Å². The van der Waals surface area contributed by atoms with Crippen LogP contribution in [-0.2, 0) is 22.7 Å². The summed E-state index contributed by atoms with van der Waals surface area (Å²) in [6.07, 6.45) is 8.02. The van der Waals surface area contributed by atoms with Crippen molar-refractivity contribution >= 4 is 11.8 Å². The fourth-order valence-corrected chi connectivity index (χ4v) is 3.52. The van der Waals surface area contributed by atoms with Gasteiger partial charge in [-0.25, -0.2) is 0 Å². The molecule has 0 unspecified atom stereocenters. The molecule has 1 saturated heterocycles. The van der Waals surface area contributed by atoms with Crippen molar-refractivity contribution in [2.45, 2.75) is 45.7 Å². The van der Waals surface area contributed by atoms with Gasteiger partial charge < -0.3 is 14.2 Å². The zero-order valence-electron chi connectivity index (χ0n) is 15.8. The van der Waals surface area contributed by atoms with Crippen LogP contribution in [0.4, 0.5) is 0 Å². The lowest BCUT2D eigenvalue weighted by atomic mass is 9.94. The molecule has 27 heavy (non-hydrogen) atoms. The summed E-state index contributed by atoms with van der Waals surface area (Å²) in [5.74, 6) is 1.04. The van der Waals surface area contributed by atoms with Crippen molar-refractivity contribution in [2.24, 2.45) is 5.92 Å². The molecule has 0 bridgehead atoms. The molecule has 1 aliphatic rings. The number of carbonyl (C=O) groups is 2. The molecule has 3 heterocycles. The summed E-state index contributed by atoms with van der Waals surface area (Å²) in [6, 6.07) is 7.57. The summed E-state index contributed by atoms with van der Waals surface area (Å²) in [5.41, 5.74) is 0.993. The average molecular weight is 369 g/mol. The van der Waals surface area contributed by atoms with Gasteiger partial charge in [-0.3, -0.25) is 14.6 Å². The van der Waals surface area contributed by atoms with Gasteiger partial charge in [0.2, 0.25) is 11.8 Å². The van der Waals surface area contributed by atoms with Crippen molar-refractivity contribution in [1.82, 2.24) is 14.8 Å². The summed E-state index contributed by atoms with van der Waals surface area (Å²) >= 11 is 0. The van der Waals surface area contributed by atoms with Crippen molar-refractivity contribution in [2.75, 3.05) is 13.1 Å². The highest BCUT2D eigenvalue weighted by atomic mass is 16.3. The van der Waals surface area contributed by atoms with Crippen LogP contribution in [-0.4, -0.2) is 39.7 Å². The number of nitrogens with zero attached hydrogens (tertiary/aromatic N) is 3. The number of hydrogen-bond acceptors (Lipinski definition) is 4. The second kappa shape index (κ2) is 9.35. The predicted octanol–water partition coefficient (Wildman–Crippen LogP) is 3.24. The maximum absolute atomic E-state index is 13.2. The molecule has 0 aliphatic carbocycles. The Labute approximate surface area is 160 Å². The number of hydrogen-bond donors (Lipinski definition) is 0. The minimum Gasteiger partial charge on any atom is -0.467 e. The Morgan fingerprint density at radius 1 is 1.22 bits per heavy atom. The Morgan fingerprint density at radius 3 is 2.67 bits per heavy atom. The van der Waals surface area contributed by atoms with Gasteiger partial charge in [-0.15, -0.1) is 0 Å². The molecule has 6 nitrogen and oxygen atoms in total. The minimum atomic E-state index is -0.0534. The largest absolute Gasteiger partial charge is 0.467 e. The van der Waals surface area contributed by atoms with Crippen LogP contribution in [0.2, 0.25) is 0 Å². The van der Waals surface area contributed by atoms with Crippen molar-refractivity contribution in [1.29, 1.82) is 0 Å². The first-order valence-electron chi connectivity index (χ1n) is 9.65. The number of furan rings is 1. The van der Waals surface area contributed by atoms with Crippen molar-refractivity contribution in [3.8, 4) is 0 Å². The third kappa shape index (κ3) is 5.18. The molecule has 1 fully saturated rings. The first-order chi connectivity index (χ1) is 13.2. The van der Waals surface area contributed by atoms with Crippen molar-refractivity contribution in [3.63, 3.8) is 0 Å². The van der Waals surface area contributed by atoms with Gasteiger partial charge in [0.05, 0.1) is 12.8 Å². The van der Waals surface area contributed by atoms with E-state index in [9.17, 15) is 9.59 Å². The molecular formula is C21H27N3O3. The normalized spacial score (nSPS) is 14.9. The van der Waals surface area contributed by atoms with E-state index in [0.717, 1.165) is 30.6 Å². The predicted molar refractivity (Wildman–Crippen MR) is 101 cm³/mol. The summed E-state index contributed by atoms with van der Waals surface area (Å²) in [4.78, 5) is 33.1. The van der Waals surface area contributed by atoms with Crippen LogP contribution in [0.15, 0.2) is 47.3 Å². The first-order valence-corrected chi connectivity index (χ1v) is 9.65. The van der Waals surface area contributed by atoms with E-state index in [1.165, 1.54) is 0 Å². The topological polar surface area (TPSA) is 66.7 Å². The summed E-state index contributed by atoms with van der Waals surface area (Å²) in [6.45, 7) is 4.28. The lowest BCUT2D eigenvalue weighted by Crippen LogP contribution is -2.44. The van der Waals surface area contributed by atoms with Gasteiger partial charge in [-0.05, 0) is 43.0 Å². The molecule has 0 aromatic carbocycles. The molecule has 0 spiro atoms. The van der Waals surface area contributed by atoms with Gasteiger partial charge in [0.15, 0.2) is 0 Å². The molecule has 2 aromatic rings. The Kier molecular flexibility index (Phi) is 6.63. The quantitative estimate of drug-likeness (QED) is 0.751. The molecule has 144 valence electrons. The second-order valence-electron chi connectivity index (χ2n) is 7.04. The monoisotopic (exact) mass is 369 g/mol. The van der Waals surface area contributed by atoms with Gasteiger partial charge in [0.25, 0.3) is 0 Å². The van der Waals surface area contributed by atoms with Crippen LogP contribution in [0.1, 0.15) is 43.9 Å². The van der Waals surface area contributed by atoms with E-state index in [0.29, 0.717) is 32.6 Å². The van der Waals surface area contributed by atoms with E-state index in [2.05, 4.69) is 4.98 Å². The Balaban J connectivity index is 1.65. The number of rotatable bonds is 7. The number of pyridine rings is 1. The van der Waals surface area contributed by atoms with E-state index >= 15 is 0 Å². The number of carbonyl (C=O) groups excluding carboxylic acids is 2. The van der Waals surface area contributed by atoms with Gasteiger partial charge in [0.1, 0.15) is 5.76 Å². The maximum Gasteiger partial charge on any atom is 0.226 e. The van der Waals surface area contributed by atoms with Gasteiger partial charge in [-0.1, -0.05) is 13.0 Å². The molecule has 0 radical (unpaired) electrons. The summed E-state index contributed by atoms with van der Waals surface area (Å²) < 4.78 is 5.45. The molecule has 2 aromatic heterocycles. The van der Waals surface area contributed by atoms with E-state index in [4.69, 9.17) is 4.42 Å². The summed E-state index contributed by atoms with van der Waals surface area (Å²) in [7, 11) is 0. The number of likely N-dealkylation sites (tertiary alicyclic amines) is 1. The van der Waals surface area contributed by atoms with Crippen LogP contribution >= 0.6 is 0 Å². The lowest BCUT2D eigenvalue weighted by molar-refractivity contribution is -0.142. The SMILES string of the molecule is CCCC(=O)N1CCC(C(=O)N(Cc2cccnc2)Cc2ccco2)CC1. The number of piperidine rings is 1. The van der Waals surface area contributed by atoms with Crippen LogP contribution in [0.5, 0.6) is 0 Å². The van der Waals surface area contributed by atoms with Crippen LogP contribution in [0.25, 0.3) is 0 Å². The Morgan fingerprint density at radius 2 is 2.04 bits per heavy atom. The third-order valence-electron chi connectivity index (χ3n) is 5.00. The number of amides is 2. The molecule has 6 heteroatoms. The average Bonchev–Trinajstić information content (AvgIpc) is 3.21. The Hall–Kier alpha value is -2.63. The summed E-state index contributed by atoms with van der Waals surface area (Å²) in [5, 5.41) is 0. The van der Waals surface area contributed by atoms with Crippen LogP contribution in [0.3, 0.4) is 0 Å². The highest BCUT2D eigenvalue weighted by Gasteiger charge is 2.30. The molecule has 0 N–H and O–H groups in total. The zero-order chi connectivity index (χ0) is 19.1. The molecule has 2 amide bonds. The zero-order valence-corrected chi connectivity index (χ0v) is 15.8. The van der Waals surface area contributed by atoms with Gasteiger partial charge in [-0.2, -0.15) is 0 Å². The third-order valence-corrected chi connectivity index (χ3v) is 5.00. The number of aromatic nitrogens is 1. The standard InChI is InChI=1S/C21H27N3O3/c1-2-5-20(25)23-11-8-18(9-12-23)21(26)24(16-19-7-4-13-27-19)15-17-6-3-10-22-14-17/h3-4,6-7,10,13-14,18H,2,5,8-9,11-12,15-16H2,1H3. The first kappa shape index (κ1) is 19.1. The van der Waals surface area contributed by atoms with Crippen LogP contribution < -0.4 is 0 Å². The fraction of sp³-hybridized carbons (Fsp3) is 0.476.